The van der Waals surface area contributed by atoms with Crippen LogP contribution in [0.5, 0.6) is 0 Å². The Morgan fingerprint density at radius 2 is 1.64 bits per heavy atom. The van der Waals surface area contributed by atoms with Gasteiger partial charge in [0.25, 0.3) is 0 Å². The fourth-order valence-electron chi connectivity index (χ4n) is 1.10. The Kier molecular flexibility index (Phi) is 8.70. The van der Waals surface area contributed by atoms with Crippen LogP contribution in [-0.4, -0.2) is 5.88 Å². The van der Waals surface area contributed by atoms with Gasteiger partial charge < -0.3 is 5.73 Å². The molecule has 0 spiro atoms. The highest BCUT2D eigenvalue weighted by Crippen LogP contribution is 2.08. The molecular weight excluding hydrogens is 194 g/mol. The summed E-state index contributed by atoms with van der Waals surface area (Å²) in [5.41, 5.74) is 8.01. The second-order valence-electron chi connectivity index (χ2n) is 3.12. The second-order valence-corrected chi connectivity index (χ2v) is 3.50. The Balaban J connectivity index is 0.000000500. The Morgan fingerprint density at radius 3 is 2.07 bits per heavy atom. The first kappa shape index (κ1) is 13.5. The van der Waals surface area contributed by atoms with Crippen molar-refractivity contribution in [2.75, 3.05) is 5.88 Å². The van der Waals surface area contributed by atoms with E-state index in [4.69, 9.17) is 17.3 Å². The van der Waals surface area contributed by atoms with E-state index in [9.17, 15) is 0 Å². The summed E-state index contributed by atoms with van der Waals surface area (Å²) in [6.45, 7) is 4.85. The van der Waals surface area contributed by atoms with E-state index in [-0.39, 0.29) is 0 Å². The molecule has 1 aromatic rings. The molecule has 0 aromatic heterocycles. The van der Waals surface area contributed by atoms with Crippen LogP contribution >= 0.6 is 11.6 Å². The molecule has 1 rings (SSSR count). The maximum atomic E-state index is 5.62. The number of alkyl halides is 1. The maximum absolute atomic E-state index is 5.62. The van der Waals surface area contributed by atoms with Crippen molar-refractivity contribution in [1.29, 1.82) is 0 Å². The largest absolute Gasteiger partial charge is 0.326 e. The zero-order valence-corrected chi connectivity index (χ0v) is 9.85. The van der Waals surface area contributed by atoms with Gasteiger partial charge in [0.05, 0.1) is 0 Å². The van der Waals surface area contributed by atoms with Crippen LogP contribution in [0.3, 0.4) is 0 Å². The van der Waals surface area contributed by atoms with Crippen molar-refractivity contribution in [2.45, 2.75) is 33.2 Å². The van der Waals surface area contributed by atoms with Gasteiger partial charge in [0.1, 0.15) is 0 Å². The standard InChI is InChI=1S/C9H12ClN.C3H8/c10-6-5-8-3-1-2-4-9(8)7-11;1-3-2/h1-4H,5-7,11H2;3H2,1-2H3. The first-order valence-corrected chi connectivity index (χ1v) is 5.66. The summed E-state index contributed by atoms with van der Waals surface area (Å²) >= 11 is 5.62. The van der Waals surface area contributed by atoms with Crippen LogP contribution in [0.15, 0.2) is 24.3 Å². The molecule has 2 N–H and O–H groups in total. The quantitative estimate of drug-likeness (QED) is 0.766. The highest BCUT2D eigenvalue weighted by atomic mass is 35.5. The van der Waals surface area contributed by atoms with E-state index < -0.39 is 0 Å². The fourth-order valence-corrected chi connectivity index (χ4v) is 1.31. The molecule has 0 saturated heterocycles. The van der Waals surface area contributed by atoms with Gasteiger partial charge in [-0.2, -0.15) is 0 Å². The maximum Gasteiger partial charge on any atom is 0.0264 e. The van der Waals surface area contributed by atoms with Gasteiger partial charge in [0, 0.05) is 12.4 Å². The average Bonchev–Trinajstić information content (AvgIpc) is 2.20. The van der Waals surface area contributed by atoms with Crippen LogP contribution in [0.2, 0.25) is 0 Å². The van der Waals surface area contributed by atoms with E-state index >= 15 is 0 Å². The van der Waals surface area contributed by atoms with E-state index in [0.29, 0.717) is 12.4 Å². The molecule has 0 aliphatic rings. The van der Waals surface area contributed by atoms with Crippen LogP contribution in [0.1, 0.15) is 31.4 Å². The van der Waals surface area contributed by atoms with Gasteiger partial charge in [0.2, 0.25) is 0 Å². The molecule has 2 heteroatoms. The molecule has 0 bridgehead atoms. The number of hydrogen-bond acceptors (Lipinski definition) is 1. The van der Waals surface area contributed by atoms with E-state index in [1.807, 2.05) is 18.2 Å². The molecule has 0 atom stereocenters. The summed E-state index contributed by atoms with van der Waals surface area (Å²) < 4.78 is 0. The zero-order chi connectivity index (χ0) is 10.8. The van der Waals surface area contributed by atoms with Crippen molar-refractivity contribution in [2.24, 2.45) is 5.73 Å². The normalized spacial score (nSPS) is 9.14. The van der Waals surface area contributed by atoms with Crippen molar-refractivity contribution < 1.29 is 0 Å². The summed E-state index contributed by atoms with van der Waals surface area (Å²) in [6, 6.07) is 8.13. The molecule has 0 amide bonds. The number of aryl methyl sites for hydroxylation is 1. The van der Waals surface area contributed by atoms with Gasteiger partial charge >= 0.3 is 0 Å². The van der Waals surface area contributed by atoms with Crippen LogP contribution in [0, 0.1) is 0 Å². The summed E-state index contributed by atoms with van der Waals surface area (Å²) in [4.78, 5) is 0. The van der Waals surface area contributed by atoms with E-state index in [1.54, 1.807) is 0 Å². The number of hydrogen-bond donors (Lipinski definition) is 1. The Bertz CT molecular complexity index is 236. The van der Waals surface area contributed by atoms with Crippen LogP contribution in [0.4, 0.5) is 0 Å². The summed E-state index contributed by atoms with van der Waals surface area (Å²) in [6.07, 6.45) is 2.16. The second kappa shape index (κ2) is 9.04. The van der Waals surface area contributed by atoms with E-state index in [1.165, 1.54) is 17.5 Å². The van der Waals surface area contributed by atoms with Crippen molar-refractivity contribution in [3.05, 3.63) is 35.4 Å². The number of benzene rings is 1. The molecule has 80 valence electrons. The summed E-state index contributed by atoms with van der Waals surface area (Å²) in [7, 11) is 0. The molecule has 0 aliphatic carbocycles. The third-order valence-corrected chi connectivity index (χ3v) is 1.89. The van der Waals surface area contributed by atoms with Gasteiger partial charge in [-0.1, -0.05) is 44.5 Å². The lowest BCUT2D eigenvalue weighted by atomic mass is 10.1. The average molecular weight is 214 g/mol. The lowest BCUT2D eigenvalue weighted by Gasteiger charge is -2.03. The Morgan fingerprint density at radius 1 is 1.14 bits per heavy atom. The van der Waals surface area contributed by atoms with Crippen LogP contribution in [0.25, 0.3) is 0 Å². The van der Waals surface area contributed by atoms with Crippen molar-refractivity contribution in [1.82, 2.24) is 0 Å². The minimum absolute atomic E-state index is 0.604. The highest BCUT2D eigenvalue weighted by molar-refractivity contribution is 6.18. The molecule has 14 heavy (non-hydrogen) atoms. The number of halogens is 1. The SMILES string of the molecule is CCC.NCc1ccccc1CCCl. The Labute approximate surface area is 92.3 Å². The molecule has 0 aliphatic heterocycles. The first-order chi connectivity index (χ1) is 6.79. The van der Waals surface area contributed by atoms with E-state index in [0.717, 1.165) is 6.42 Å². The van der Waals surface area contributed by atoms with Gasteiger partial charge in [-0.15, -0.1) is 11.6 Å². The molecule has 0 unspecified atom stereocenters. The van der Waals surface area contributed by atoms with Crippen LogP contribution < -0.4 is 5.73 Å². The Hall–Kier alpha value is -0.530. The monoisotopic (exact) mass is 213 g/mol. The molecule has 0 saturated carbocycles. The summed E-state index contributed by atoms with van der Waals surface area (Å²) in [5, 5.41) is 0. The lowest BCUT2D eigenvalue weighted by Crippen LogP contribution is -2.01. The topological polar surface area (TPSA) is 26.0 Å². The van der Waals surface area contributed by atoms with Crippen LogP contribution in [-0.2, 0) is 13.0 Å². The minimum atomic E-state index is 0.604. The van der Waals surface area contributed by atoms with E-state index in [2.05, 4.69) is 19.9 Å². The minimum Gasteiger partial charge on any atom is -0.326 e. The van der Waals surface area contributed by atoms with Crippen molar-refractivity contribution in [3.63, 3.8) is 0 Å². The van der Waals surface area contributed by atoms with Gasteiger partial charge in [-0.3, -0.25) is 0 Å². The third-order valence-electron chi connectivity index (χ3n) is 1.70. The van der Waals surface area contributed by atoms with Gasteiger partial charge in [-0.25, -0.2) is 0 Å². The number of rotatable bonds is 3. The molecule has 0 fully saturated rings. The highest BCUT2D eigenvalue weighted by Gasteiger charge is 1.96. The van der Waals surface area contributed by atoms with Gasteiger partial charge in [0.15, 0.2) is 0 Å². The van der Waals surface area contributed by atoms with Crippen molar-refractivity contribution in [3.8, 4) is 0 Å². The lowest BCUT2D eigenvalue weighted by molar-refractivity contribution is 1.01. The molecule has 1 nitrogen and oxygen atoms in total. The zero-order valence-electron chi connectivity index (χ0n) is 9.09. The first-order valence-electron chi connectivity index (χ1n) is 5.12. The molecule has 0 radical (unpaired) electrons. The van der Waals surface area contributed by atoms with Crippen molar-refractivity contribution >= 4 is 11.6 Å². The molecule has 1 aromatic carbocycles. The fraction of sp³-hybridized carbons (Fsp3) is 0.500. The molecule has 0 heterocycles. The summed E-state index contributed by atoms with van der Waals surface area (Å²) in [5.74, 6) is 0.664. The predicted molar refractivity (Wildman–Crippen MR) is 64.7 cm³/mol. The van der Waals surface area contributed by atoms with Gasteiger partial charge in [-0.05, 0) is 17.5 Å². The predicted octanol–water partition coefficient (Wildman–Crippen LogP) is 3.34. The molecular formula is C12H20ClN. The number of nitrogens with two attached hydrogens (primary N) is 1. The third kappa shape index (κ3) is 5.25. The smallest absolute Gasteiger partial charge is 0.0264 e.